The van der Waals surface area contributed by atoms with Gasteiger partial charge in [0, 0.05) is 38.3 Å². The number of piperidine rings is 1. The third-order valence-corrected chi connectivity index (χ3v) is 5.23. The number of nitrogens with zero attached hydrogens (tertiary/aromatic N) is 4. The molecule has 0 unspecified atom stereocenters. The van der Waals surface area contributed by atoms with Crippen molar-refractivity contribution in [3.05, 3.63) is 17.5 Å². The van der Waals surface area contributed by atoms with Crippen LogP contribution in [0.3, 0.4) is 0 Å². The minimum Gasteiger partial charge on any atom is -0.360 e. The first-order valence-electron chi connectivity index (χ1n) is 9.23. The molecule has 134 valence electrons. The highest BCUT2D eigenvalue weighted by Crippen LogP contribution is 2.22. The zero-order valence-electron chi connectivity index (χ0n) is 15.2. The SMILES string of the molecule is Cc1cc(CN2CCN(C(=O)[C@@H]3CCCCN3C(C)C)CC2)on1. The lowest BCUT2D eigenvalue weighted by atomic mass is 9.99. The molecule has 3 rings (SSSR count). The maximum absolute atomic E-state index is 13.0. The lowest BCUT2D eigenvalue weighted by Crippen LogP contribution is -2.57. The summed E-state index contributed by atoms with van der Waals surface area (Å²) in [6.07, 6.45) is 3.39. The summed E-state index contributed by atoms with van der Waals surface area (Å²) < 4.78 is 5.30. The third kappa shape index (κ3) is 3.98. The fraction of sp³-hybridized carbons (Fsp3) is 0.778. The standard InChI is InChI=1S/C18H30N4O2/c1-14(2)22-7-5-4-6-17(22)18(23)21-10-8-20(9-11-21)13-16-12-15(3)19-24-16/h12,14,17H,4-11,13H2,1-3H3/t17-/m0/s1. The molecule has 2 fully saturated rings. The molecule has 24 heavy (non-hydrogen) atoms. The van der Waals surface area contributed by atoms with Gasteiger partial charge in [-0.1, -0.05) is 11.6 Å². The second-order valence-corrected chi connectivity index (χ2v) is 7.38. The van der Waals surface area contributed by atoms with Gasteiger partial charge in [-0.25, -0.2) is 0 Å². The highest BCUT2D eigenvalue weighted by atomic mass is 16.5. The van der Waals surface area contributed by atoms with Gasteiger partial charge in [-0.3, -0.25) is 14.6 Å². The van der Waals surface area contributed by atoms with Crippen LogP contribution < -0.4 is 0 Å². The first-order valence-corrected chi connectivity index (χ1v) is 9.23. The number of rotatable bonds is 4. The number of likely N-dealkylation sites (tertiary alicyclic amines) is 1. The Kier molecular flexibility index (Phi) is 5.56. The highest BCUT2D eigenvalue weighted by Gasteiger charge is 2.34. The van der Waals surface area contributed by atoms with Crippen molar-refractivity contribution in [3.8, 4) is 0 Å². The minimum absolute atomic E-state index is 0.0854. The molecule has 1 aromatic rings. The summed E-state index contributed by atoms with van der Waals surface area (Å²) in [5, 5.41) is 3.94. The van der Waals surface area contributed by atoms with E-state index < -0.39 is 0 Å². The van der Waals surface area contributed by atoms with Crippen molar-refractivity contribution >= 4 is 5.91 Å². The average Bonchev–Trinajstić information content (AvgIpc) is 3.00. The Bertz CT molecular complexity index is 549. The first kappa shape index (κ1) is 17.4. The van der Waals surface area contributed by atoms with Crippen LogP contribution in [0, 0.1) is 6.92 Å². The van der Waals surface area contributed by atoms with Crippen LogP contribution >= 0.6 is 0 Å². The lowest BCUT2D eigenvalue weighted by molar-refractivity contribution is -0.141. The van der Waals surface area contributed by atoms with E-state index in [1.807, 2.05) is 13.0 Å². The molecular formula is C18H30N4O2. The van der Waals surface area contributed by atoms with Crippen molar-refractivity contribution in [2.75, 3.05) is 32.7 Å². The lowest BCUT2D eigenvalue weighted by Gasteiger charge is -2.42. The van der Waals surface area contributed by atoms with E-state index >= 15 is 0 Å². The normalized spacial score (nSPS) is 23.8. The van der Waals surface area contributed by atoms with Crippen LogP contribution in [-0.4, -0.2) is 70.6 Å². The largest absolute Gasteiger partial charge is 0.360 e. The summed E-state index contributed by atoms with van der Waals surface area (Å²) in [4.78, 5) is 19.8. The van der Waals surface area contributed by atoms with Crippen LogP contribution in [0.1, 0.15) is 44.6 Å². The van der Waals surface area contributed by atoms with Crippen molar-refractivity contribution in [3.63, 3.8) is 0 Å². The molecule has 0 bridgehead atoms. The Morgan fingerprint density at radius 1 is 1.25 bits per heavy atom. The van der Waals surface area contributed by atoms with Crippen LogP contribution in [0.5, 0.6) is 0 Å². The number of carbonyl (C=O) groups is 1. The molecule has 0 N–H and O–H groups in total. The Morgan fingerprint density at radius 2 is 2.00 bits per heavy atom. The number of amides is 1. The number of hydrogen-bond donors (Lipinski definition) is 0. The molecule has 1 atom stereocenters. The molecule has 1 amide bonds. The van der Waals surface area contributed by atoms with Crippen molar-refractivity contribution in [2.45, 2.75) is 58.7 Å². The number of piperazine rings is 1. The zero-order valence-corrected chi connectivity index (χ0v) is 15.2. The minimum atomic E-state index is 0.0854. The van der Waals surface area contributed by atoms with Gasteiger partial charge in [0.1, 0.15) is 0 Å². The fourth-order valence-electron chi connectivity index (χ4n) is 3.89. The summed E-state index contributed by atoms with van der Waals surface area (Å²) in [7, 11) is 0. The van der Waals surface area contributed by atoms with Crippen LogP contribution in [0.25, 0.3) is 0 Å². The molecule has 0 aliphatic carbocycles. The van der Waals surface area contributed by atoms with E-state index in [4.69, 9.17) is 4.52 Å². The van der Waals surface area contributed by atoms with Gasteiger partial charge in [0.25, 0.3) is 0 Å². The highest BCUT2D eigenvalue weighted by molar-refractivity contribution is 5.82. The monoisotopic (exact) mass is 334 g/mol. The van der Waals surface area contributed by atoms with Gasteiger partial charge in [0.2, 0.25) is 5.91 Å². The van der Waals surface area contributed by atoms with Gasteiger partial charge in [0.15, 0.2) is 5.76 Å². The number of hydrogen-bond acceptors (Lipinski definition) is 5. The van der Waals surface area contributed by atoms with Crippen molar-refractivity contribution in [1.29, 1.82) is 0 Å². The predicted octanol–water partition coefficient (Wildman–Crippen LogP) is 1.89. The summed E-state index contributed by atoms with van der Waals surface area (Å²) in [6, 6.07) is 2.51. The quantitative estimate of drug-likeness (QED) is 0.842. The maximum atomic E-state index is 13.0. The average molecular weight is 334 g/mol. The van der Waals surface area contributed by atoms with E-state index in [2.05, 4.69) is 33.7 Å². The van der Waals surface area contributed by atoms with Crippen LogP contribution in [0.15, 0.2) is 10.6 Å². The number of aromatic nitrogens is 1. The maximum Gasteiger partial charge on any atom is 0.240 e. The second-order valence-electron chi connectivity index (χ2n) is 7.38. The van der Waals surface area contributed by atoms with E-state index in [0.717, 1.165) is 57.1 Å². The van der Waals surface area contributed by atoms with Gasteiger partial charge < -0.3 is 9.42 Å². The topological polar surface area (TPSA) is 52.8 Å². The number of carbonyl (C=O) groups excluding carboxylic acids is 1. The Labute approximate surface area is 144 Å². The molecular weight excluding hydrogens is 304 g/mol. The van der Waals surface area contributed by atoms with Gasteiger partial charge >= 0.3 is 0 Å². The third-order valence-electron chi connectivity index (χ3n) is 5.23. The molecule has 6 heteroatoms. The van der Waals surface area contributed by atoms with E-state index in [-0.39, 0.29) is 6.04 Å². The van der Waals surface area contributed by atoms with E-state index in [1.54, 1.807) is 0 Å². The smallest absolute Gasteiger partial charge is 0.240 e. The molecule has 1 aromatic heterocycles. The van der Waals surface area contributed by atoms with Crippen molar-refractivity contribution in [1.82, 2.24) is 19.9 Å². The molecule has 0 aromatic carbocycles. The summed E-state index contributed by atoms with van der Waals surface area (Å²) in [5.41, 5.74) is 0.921. The zero-order chi connectivity index (χ0) is 17.1. The first-order chi connectivity index (χ1) is 11.5. The predicted molar refractivity (Wildman–Crippen MR) is 92.6 cm³/mol. The van der Waals surface area contributed by atoms with E-state index in [0.29, 0.717) is 11.9 Å². The Hall–Kier alpha value is -1.40. The molecule has 2 aliphatic heterocycles. The van der Waals surface area contributed by atoms with Crippen molar-refractivity contribution < 1.29 is 9.32 Å². The molecule has 0 spiro atoms. The van der Waals surface area contributed by atoms with Crippen LogP contribution in [0.2, 0.25) is 0 Å². The van der Waals surface area contributed by atoms with Crippen LogP contribution in [-0.2, 0) is 11.3 Å². The van der Waals surface area contributed by atoms with Gasteiger partial charge in [0.05, 0.1) is 18.3 Å². The summed E-state index contributed by atoms with van der Waals surface area (Å²) in [5.74, 6) is 1.24. The second kappa shape index (κ2) is 7.66. The molecule has 2 aliphatic rings. The molecule has 3 heterocycles. The van der Waals surface area contributed by atoms with Crippen molar-refractivity contribution in [2.24, 2.45) is 0 Å². The van der Waals surface area contributed by atoms with Gasteiger partial charge in [-0.15, -0.1) is 0 Å². The van der Waals surface area contributed by atoms with Crippen LogP contribution in [0.4, 0.5) is 0 Å². The molecule has 0 saturated carbocycles. The summed E-state index contributed by atoms with van der Waals surface area (Å²) >= 11 is 0. The fourth-order valence-corrected chi connectivity index (χ4v) is 3.89. The molecule has 0 radical (unpaired) electrons. The molecule has 2 saturated heterocycles. The van der Waals surface area contributed by atoms with Gasteiger partial charge in [-0.2, -0.15) is 0 Å². The Morgan fingerprint density at radius 3 is 2.62 bits per heavy atom. The molecule has 6 nitrogen and oxygen atoms in total. The Balaban J connectivity index is 1.52. The van der Waals surface area contributed by atoms with Gasteiger partial charge in [-0.05, 0) is 40.2 Å². The van der Waals surface area contributed by atoms with E-state index in [9.17, 15) is 4.79 Å². The number of aryl methyl sites for hydroxylation is 1. The summed E-state index contributed by atoms with van der Waals surface area (Å²) in [6.45, 7) is 11.6. The van der Waals surface area contributed by atoms with E-state index in [1.165, 1.54) is 12.8 Å².